The first-order valence-corrected chi connectivity index (χ1v) is 8.45. The average molecular weight is 328 g/mol. The molecule has 1 amide bonds. The molecular formula is C17H20N4O3. The van der Waals surface area contributed by atoms with Gasteiger partial charge in [-0.15, -0.1) is 0 Å². The second-order valence-electron chi connectivity index (χ2n) is 6.26. The van der Waals surface area contributed by atoms with Crippen molar-refractivity contribution < 1.29 is 9.21 Å². The molecule has 0 saturated carbocycles. The van der Waals surface area contributed by atoms with Gasteiger partial charge in [0, 0.05) is 25.2 Å². The van der Waals surface area contributed by atoms with E-state index < -0.39 is 6.04 Å². The third kappa shape index (κ3) is 2.23. The number of hydrogen-bond acceptors (Lipinski definition) is 4. The van der Waals surface area contributed by atoms with Crippen molar-refractivity contribution in [2.75, 3.05) is 13.1 Å². The highest BCUT2D eigenvalue weighted by Gasteiger charge is 2.28. The zero-order chi connectivity index (χ0) is 16.7. The van der Waals surface area contributed by atoms with Crippen molar-refractivity contribution in [2.24, 2.45) is 0 Å². The number of amides is 1. The van der Waals surface area contributed by atoms with E-state index in [4.69, 9.17) is 4.42 Å². The topological polar surface area (TPSA) is 72.8 Å². The van der Waals surface area contributed by atoms with Crippen LogP contribution in [0.4, 0.5) is 0 Å². The molecule has 7 heteroatoms. The number of furan rings is 1. The zero-order valence-electron chi connectivity index (χ0n) is 13.6. The summed E-state index contributed by atoms with van der Waals surface area (Å²) in [6.07, 6.45) is 6.92. The predicted molar refractivity (Wildman–Crippen MR) is 89.0 cm³/mol. The van der Waals surface area contributed by atoms with E-state index in [-0.39, 0.29) is 11.5 Å². The van der Waals surface area contributed by atoms with Gasteiger partial charge in [-0.25, -0.2) is 4.68 Å². The molecule has 7 nitrogen and oxygen atoms in total. The molecule has 3 aromatic heterocycles. The lowest BCUT2D eigenvalue weighted by Crippen LogP contribution is -2.43. The Morgan fingerprint density at radius 3 is 2.83 bits per heavy atom. The smallest absolute Gasteiger partial charge is 0.291 e. The molecule has 0 aromatic carbocycles. The fourth-order valence-electron chi connectivity index (χ4n) is 3.51. The standard InChI is InChI=1S/C17H20N4O3/c1-2-12(16(22)19-7-4-3-5-8-19)21-17(23)14-10-15-13(6-9-24-15)20(14)11-18-21/h6,9-12H,2-5,7-8H2,1H3. The summed E-state index contributed by atoms with van der Waals surface area (Å²) < 4.78 is 8.38. The van der Waals surface area contributed by atoms with Gasteiger partial charge in [0.15, 0.2) is 5.58 Å². The molecule has 24 heavy (non-hydrogen) atoms. The Hall–Kier alpha value is -2.57. The highest BCUT2D eigenvalue weighted by atomic mass is 16.3. The first-order valence-electron chi connectivity index (χ1n) is 8.45. The van der Waals surface area contributed by atoms with E-state index in [0.717, 1.165) is 37.9 Å². The summed E-state index contributed by atoms with van der Waals surface area (Å²) in [5.74, 6) is -0.00797. The molecule has 126 valence electrons. The molecule has 0 spiro atoms. The molecule has 1 unspecified atom stereocenters. The van der Waals surface area contributed by atoms with Crippen LogP contribution in [-0.2, 0) is 4.79 Å². The molecule has 1 fully saturated rings. The summed E-state index contributed by atoms with van der Waals surface area (Å²) in [7, 11) is 0. The summed E-state index contributed by atoms with van der Waals surface area (Å²) in [5, 5.41) is 4.27. The van der Waals surface area contributed by atoms with E-state index in [0.29, 0.717) is 17.5 Å². The van der Waals surface area contributed by atoms with Gasteiger partial charge < -0.3 is 9.32 Å². The summed E-state index contributed by atoms with van der Waals surface area (Å²) in [6, 6.07) is 2.94. The zero-order valence-corrected chi connectivity index (χ0v) is 13.6. The molecule has 4 rings (SSSR count). The number of carbonyl (C=O) groups is 1. The fourth-order valence-corrected chi connectivity index (χ4v) is 3.51. The van der Waals surface area contributed by atoms with Crippen molar-refractivity contribution in [3.63, 3.8) is 0 Å². The minimum atomic E-state index is -0.554. The summed E-state index contributed by atoms with van der Waals surface area (Å²) in [4.78, 5) is 27.6. The minimum Gasteiger partial charge on any atom is -0.463 e. The molecule has 1 saturated heterocycles. The van der Waals surface area contributed by atoms with Gasteiger partial charge >= 0.3 is 0 Å². The maximum Gasteiger partial charge on any atom is 0.291 e. The van der Waals surface area contributed by atoms with Gasteiger partial charge in [-0.3, -0.25) is 14.0 Å². The highest BCUT2D eigenvalue weighted by molar-refractivity contribution is 5.83. The Morgan fingerprint density at radius 1 is 1.29 bits per heavy atom. The van der Waals surface area contributed by atoms with Crippen LogP contribution >= 0.6 is 0 Å². The Balaban J connectivity index is 1.77. The molecule has 0 aliphatic carbocycles. The van der Waals surface area contributed by atoms with Crippen LogP contribution in [0.2, 0.25) is 0 Å². The normalized spacial score (nSPS) is 16.8. The SMILES string of the molecule is CCC(C(=O)N1CCCCC1)n1ncn2c(cc3occc32)c1=O. The lowest BCUT2D eigenvalue weighted by molar-refractivity contribution is -0.136. The quantitative estimate of drug-likeness (QED) is 0.739. The number of rotatable bonds is 3. The van der Waals surface area contributed by atoms with Crippen molar-refractivity contribution in [3.8, 4) is 0 Å². The Kier molecular flexibility index (Phi) is 3.63. The lowest BCUT2D eigenvalue weighted by atomic mass is 10.1. The maximum atomic E-state index is 12.9. The van der Waals surface area contributed by atoms with Crippen LogP contribution in [0, 0.1) is 0 Å². The van der Waals surface area contributed by atoms with Crippen LogP contribution in [0.3, 0.4) is 0 Å². The minimum absolute atomic E-state index is 0.00797. The molecule has 0 N–H and O–H groups in total. The Bertz CT molecular complexity index is 946. The first kappa shape index (κ1) is 15.0. The van der Waals surface area contributed by atoms with E-state index in [1.807, 2.05) is 11.8 Å². The number of carbonyl (C=O) groups excluding carboxylic acids is 1. The van der Waals surface area contributed by atoms with Gasteiger partial charge in [-0.05, 0) is 25.7 Å². The number of aromatic nitrogens is 3. The van der Waals surface area contributed by atoms with Crippen molar-refractivity contribution in [1.29, 1.82) is 0 Å². The highest BCUT2D eigenvalue weighted by Crippen LogP contribution is 2.20. The number of hydrogen-bond donors (Lipinski definition) is 0. The number of nitrogens with zero attached hydrogens (tertiary/aromatic N) is 4. The van der Waals surface area contributed by atoms with E-state index >= 15 is 0 Å². The van der Waals surface area contributed by atoms with Crippen molar-refractivity contribution in [2.45, 2.75) is 38.6 Å². The van der Waals surface area contributed by atoms with Crippen LogP contribution in [0.25, 0.3) is 16.6 Å². The molecule has 3 aromatic rings. The molecule has 1 aliphatic heterocycles. The van der Waals surface area contributed by atoms with Gasteiger partial charge in [-0.1, -0.05) is 6.92 Å². The predicted octanol–water partition coefficient (Wildman–Crippen LogP) is 2.21. The van der Waals surface area contributed by atoms with Crippen LogP contribution in [0.15, 0.2) is 33.9 Å². The van der Waals surface area contributed by atoms with Crippen molar-refractivity contribution in [1.82, 2.24) is 19.1 Å². The number of likely N-dealkylation sites (tertiary alicyclic amines) is 1. The van der Waals surface area contributed by atoms with E-state index in [1.54, 1.807) is 29.1 Å². The van der Waals surface area contributed by atoms with Crippen LogP contribution in [-0.4, -0.2) is 38.1 Å². The summed E-state index contributed by atoms with van der Waals surface area (Å²) in [6.45, 7) is 3.45. The monoisotopic (exact) mass is 328 g/mol. The number of fused-ring (bicyclic) bond motifs is 3. The van der Waals surface area contributed by atoms with E-state index in [9.17, 15) is 9.59 Å². The molecule has 1 aliphatic rings. The third-order valence-electron chi connectivity index (χ3n) is 4.81. The first-order chi connectivity index (χ1) is 11.7. The third-order valence-corrected chi connectivity index (χ3v) is 4.81. The van der Waals surface area contributed by atoms with Crippen molar-refractivity contribution in [3.05, 3.63) is 35.1 Å². The summed E-state index contributed by atoms with van der Waals surface area (Å²) >= 11 is 0. The van der Waals surface area contributed by atoms with Crippen LogP contribution in [0.5, 0.6) is 0 Å². The van der Waals surface area contributed by atoms with Gasteiger partial charge in [0.2, 0.25) is 5.91 Å². The van der Waals surface area contributed by atoms with Gasteiger partial charge in [-0.2, -0.15) is 5.10 Å². The van der Waals surface area contributed by atoms with Gasteiger partial charge in [0.05, 0.1) is 11.8 Å². The lowest BCUT2D eigenvalue weighted by Gasteiger charge is -2.30. The molecule has 4 heterocycles. The largest absolute Gasteiger partial charge is 0.463 e. The van der Waals surface area contributed by atoms with Crippen LogP contribution in [0.1, 0.15) is 38.6 Å². The number of piperidine rings is 1. The van der Waals surface area contributed by atoms with Gasteiger partial charge in [0.25, 0.3) is 5.56 Å². The Morgan fingerprint density at radius 2 is 2.08 bits per heavy atom. The fraction of sp³-hybridized carbons (Fsp3) is 0.471. The maximum absolute atomic E-state index is 12.9. The molecule has 1 atom stereocenters. The van der Waals surface area contributed by atoms with Crippen molar-refractivity contribution >= 4 is 22.5 Å². The van der Waals surface area contributed by atoms with E-state index in [1.165, 1.54) is 4.68 Å². The van der Waals surface area contributed by atoms with Crippen LogP contribution < -0.4 is 5.56 Å². The summed E-state index contributed by atoms with van der Waals surface area (Å²) in [5.41, 5.74) is 1.66. The second-order valence-corrected chi connectivity index (χ2v) is 6.26. The Labute approximate surface area is 138 Å². The van der Waals surface area contributed by atoms with Gasteiger partial charge in [0.1, 0.15) is 17.9 Å². The average Bonchev–Trinajstić information content (AvgIpc) is 3.20. The molecule has 0 radical (unpaired) electrons. The molecule has 0 bridgehead atoms. The molecular weight excluding hydrogens is 308 g/mol. The van der Waals surface area contributed by atoms with E-state index in [2.05, 4.69) is 5.10 Å². The second kappa shape index (κ2) is 5.81.